The summed E-state index contributed by atoms with van der Waals surface area (Å²) in [5.41, 5.74) is 18.6. The predicted molar refractivity (Wildman–Crippen MR) is 226 cm³/mol. The predicted octanol–water partition coefficient (Wildman–Crippen LogP) is 13.1. The van der Waals surface area contributed by atoms with Crippen molar-refractivity contribution < 1.29 is 0 Å². The van der Waals surface area contributed by atoms with Crippen molar-refractivity contribution in [1.82, 2.24) is 0 Å². The van der Waals surface area contributed by atoms with Crippen molar-refractivity contribution in [3.05, 3.63) is 226 Å². The van der Waals surface area contributed by atoms with Crippen molar-refractivity contribution >= 4 is 17.4 Å². The van der Waals surface area contributed by atoms with Crippen molar-refractivity contribution in [3.63, 3.8) is 0 Å². The van der Waals surface area contributed by atoms with Crippen LogP contribution in [0.5, 0.6) is 0 Å². The molecule has 6 aromatic rings. The molecule has 1 heterocycles. The van der Waals surface area contributed by atoms with Crippen LogP contribution in [-0.2, 0) is 10.8 Å². The molecular formula is C52H41NS. The van der Waals surface area contributed by atoms with Crippen molar-refractivity contribution in [1.29, 1.82) is 0 Å². The van der Waals surface area contributed by atoms with Crippen molar-refractivity contribution in [2.75, 3.05) is 4.90 Å². The number of anilines is 1. The van der Waals surface area contributed by atoms with Gasteiger partial charge < -0.3 is 4.90 Å². The largest absolute Gasteiger partial charge is 0.314 e. The molecular weight excluding hydrogens is 671 g/mol. The first kappa shape index (κ1) is 31.9. The first-order valence-corrected chi connectivity index (χ1v) is 20.3. The molecule has 0 saturated carbocycles. The van der Waals surface area contributed by atoms with Crippen LogP contribution in [0.4, 0.5) is 5.69 Å². The third-order valence-corrected chi connectivity index (χ3v) is 14.1. The van der Waals surface area contributed by atoms with Gasteiger partial charge in [0.2, 0.25) is 0 Å². The van der Waals surface area contributed by atoms with Crippen LogP contribution in [0.15, 0.2) is 192 Å². The highest BCUT2D eigenvalue weighted by Crippen LogP contribution is 2.61. The Morgan fingerprint density at radius 2 is 1.28 bits per heavy atom. The van der Waals surface area contributed by atoms with Crippen molar-refractivity contribution in [2.24, 2.45) is 0 Å². The summed E-state index contributed by atoms with van der Waals surface area (Å²) in [6.45, 7) is 4.76. The Bertz CT molecular complexity index is 2590. The van der Waals surface area contributed by atoms with E-state index in [2.05, 4.69) is 206 Å². The normalized spacial score (nSPS) is 20.2. The second-order valence-electron chi connectivity index (χ2n) is 15.8. The Balaban J connectivity index is 1.07. The van der Waals surface area contributed by atoms with E-state index in [1.807, 2.05) is 0 Å². The quantitative estimate of drug-likeness (QED) is 0.175. The maximum atomic E-state index is 2.59. The zero-order valence-electron chi connectivity index (χ0n) is 30.7. The van der Waals surface area contributed by atoms with E-state index in [-0.39, 0.29) is 10.7 Å². The van der Waals surface area contributed by atoms with Gasteiger partial charge in [0.15, 0.2) is 0 Å². The van der Waals surface area contributed by atoms with Gasteiger partial charge in [-0.15, -0.1) is 11.8 Å². The summed E-state index contributed by atoms with van der Waals surface area (Å²) in [4.78, 5) is 4.01. The minimum Gasteiger partial charge on any atom is -0.314 e. The maximum Gasteiger partial charge on any atom is 0.0724 e. The summed E-state index contributed by atoms with van der Waals surface area (Å²) >= 11 is 2.07. The molecule has 5 aliphatic rings. The van der Waals surface area contributed by atoms with Gasteiger partial charge in [-0.2, -0.15) is 0 Å². The zero-order valence-corrected chi connectivity index (χ0v) is 31.5. The van der Waals surface area contributed by atoms with E-state index in [1.54, 1.807) is 0 Å². The summed E-state index contributed by atoms with van der Waals surface area (Å²) in [6, 6.07) is 52.6. The van der Waals surface area contributed by atoms with Crippen LogP contribution in [0.25, 0.3) is 22.3 Å². The van der Waals surface area contributed by atoms with E-state index in [0.717, 1.165) is 12.8 Å². The molecule has 11 rings (SSSR count). The molecule has 2 heteroatoms. The molecule has 1 nitrogen and oxygen atoms in total. The Morgan fingerprint density at radius 3 is 2.02 bits per heavy atom. The molecule has 0 aromatic heterocycles. The van der Waals surface area contributed by atoms with Gasteiger partial charge in [-0.1, -0.05) is 166 Å². The van der Waals surface area contributed by atoms with Gasteiger partial charge in [0.1, 0.15) is 0 Å². The molecule has 260 valence electrons. The van der Waals surface area contributed by atoms with Gasteiger partial charge in [0.25, 0.3) is 0 Å². The Hall–Kier alpha value is -5.57. The summed E-state index contributed by atoms with van der Waals surface area (Å²) in [5.74, 6) is 0.302. The highest BCUT2D eigenvalue weighted by molar-refractivity contribution is 8.00. The Kier molecular flexibility index (Phi) is 7.07. The van der Waals surface area contributed by atoms with E-state index < -0.39 is 5.41 Å². The summed E-state index contributed by atoms with van der Waals surface area (Å²) in [5, 5.41) is 0.281. The van der Waals surface area contributed by atoms with Gasteiger partial charge in [0, 0.05) is 38.4 Å². The third kappa shape index (κ3) is 4.35. The number of hydrogen-bond donors (Lipinski definition) is 0. The van der Waals surface area contributed by atoms with Crippen LogP contribution >= 0.6 is 11.8 Å². The van der Waals surface area contributed by atoms with Crippen LogP contribution in [-0.4, -0.2) is 5.25 Å². The fraction of sp³-hybridized carbons (Fsp3) is 0.154. The first-order chi connectivity index (χ1) is 26.6. The molecule has 0 amide bonds. The lowest BCUT2D eigenvalue weighted by atomic mass is 9.67. The van der Waals surface area contributed by atoms with Crippen LogP contribution in [0, 0.1) is 0 Å². The lowest BCUT2D eigenvalue weighted by Crippen LogP contribution is -2.29. The molecule has 54 heavy (non-hydrogen) atoms. The molecule has 2 unspecified atom stereocenters. The Morgan fingerprint density at radius 1 is 0.630 bits per heavy atom. The molecule has 0 saturated heterocycles. The van der Waals surface area contributed by atoms with Crippen molar-refractivity contribution in [2.45, 2.75) is 53.6 Å². The number of rotatable bonds is 5. The average Bonchev–Trinajstić information content (AvgIpc) is 3.83. The van der Waals surface area contributed by atoms with Gasteiger partial charge in [0.05, 0.1) is 11.1 Å². The fourth-order valence-corrected chi connectivity index (χ4v) is 11.9. The smallest absolute Gasteiger partial charge is 0.0724 e. The van der Waals surface area contributed by atoms with E-state index in [9.17, 15) is 0 Å². The van der Waals surface area contributed by atoms with E-state index >= 15 is 0 Å². The van der Waals surface area contributed by atoms with Gasteiger partial charge >= 0.3 is 0 Å². The summed E-state index contributed by atoms with van der Waals surface area (Å²) in [7, 11) is 0. The molecule has 0 N–H and O–H groups in total. The molecule has 0 spiro atoms. The number of nitrogens with zero attached hydrogens (tertiary/aromatic N) is 1. The van der Waals surface area contributed by atoms with E-state index in [4.69, 9.17) is 0 Å². The van der Waals surface area contributed by atoms with Crippen LogP contribution < -0.4 is 4.90 Å². The lowest BCUT2D eigenvalue weighted by Gasteiger charge is -2.35. The van der Waals surface area contributed by atoms with Gasteiger partial charge in [-0.3, -0.25) is 0 Å². The molecule has 0 bridgehead atoms. The maximum absolute atomic E-state index is 2.59. The monoisotopic (exact) mass is 711 g/mol. The van der Waals surface area contributed by atoms with E-state index in [1.165, 1.54) is 83.2 Å². The number of allylic oxidation sites excluding steroid dienone is 6. The molecule has 1 aliphatic heterocycles. The highest BCUT2D eigenvalue weighted by Gasteiger charge is 2.49. The lowest BCUT2D eigenvalue weighted by molar-refractivity contribution is 0.660. The van der Waals surface area contributed by atoms with Crippen LogP contribution in [0.2, 0.25) is 0 Å². The second-order valence-corrected chi connectivity index (χ2v) is 17.0. The molecule has 0 fully saturated rings. The number of fused-ring (bicyclic) bond motifs is 9. The molecule has 2 atom stereocenters. The second kappa shape index (κ2) is 12.0. The first-order valence-electron chi connectivity index (χ1n) is 19.4. The summed E-state index contributed by atoms with van der Waals surface area (Å²) in [6.07, 6.45) is 16.4. The topological polar surface area (TPSA) is 3.24 Å². The number of benzene rings is 6. The molecule has 0 radical (unpaired) electrons. The fourth-order valence-electron chi connectivity index (χ4n) is 10.4. The Labute approximate surface area is 323 Å². The minimum absolute atomic E-state index is 0.0537. The van der Waals surface area contributed by atoms with E-state index in [0.29, 0.717) is 5.92 Å². The summed E-state index contributed by atoms with van der Waals surface area (Å²) < 4.78 is 0. The highest BCUT2D eigenvalue weighted by atomic mass is 32.2. The van der Waals surface area contributed by atoms with Gasteiger partial charge in [-0.05, 0) is 92.8 Å². The molecule has 4 aliphatic carbocycles. The minimum atomic E-state index is -0.410. The van der Waals surface area contributed by atoms with Gasteiger partial charge in [-0.25, -0.2) is 0 Å². The third-order valence-electron chi connectivity index (χ3n) is 12.7. The van der Waals surface area contributed by atoms with Crippen LogP contribution in [0.3, 0.4) is 0 Å². The standard InChI is InChI=1S/C52H41NS/c1-51(2)42-25-12-11-23-41(42)49-45(51)28-16-30-47(49)53(35-19-7-4-8-20-35)36-31-32-39-40-24-15-29-46(50(40)54-48(39)33-36)52(34-17-5-3-6-18-34)43-26-13-9-21-37(43)38-22-10-14-27-44(38)52/h3-7,9-19,21-33,39,48H,8,20H2,1-2H3. The number of hydrogen-bond acceptors (Lipinski definition) is 2. The SMILES string of the molecule is CC1(C)c2ccccc2-c2c(N(C3=CC4Sc5c(cccc5C5(c6ccccc6)c6ccccc6-c6ccccc65)C4C=C3)C3=CC=CCC3)cccc21. The zero-order chi connectivity index (χ0) is 36.0. The number of thioether (sulfide) groups is 1. The molecule has 6 aromatic carbocycles. The van der Waals surface area contributed by atoms with Crippen molar-refractivity contribution in [3.8, 4) is 22.3 Å². The average molecular weight is 712 g/mol. The van der Waals surface area contributed by atoms with Crippen LogP contribution in [0.1, 0.15) is 71.6 Å².